The van der Waals surface area contributed by atoms with Gasteiger partial charge in [0.2, 0.25) is 0 Å². The van der Waals surface area contributed by atoms with E-state index in [4.69, 9.17) is 5.11 Å². The SMILES string of the molecule is CC(CC(=O)O)c1ccccc1.COC(=O)Cc1ccccc1. The molecule has 2 aromatic carbocycles. The highest BCUT2D eigenvalue weighted by atomic mass is 16.5. The molecule has 0 spiro atoms. The summed E-state index contributed by atoms with van der Waals surface area (Å²) in [6, 6.07) is 19.2. The number of carboxylic acids is 1. The monoisotopic (exact) mass is 314 g/mol. The number of rotatable bonds is 5. The van der Waals surface area contributed by atoms with E-state index in [1.807, 2.05) is 67.6 Å². The van der Waals surface area contributed by atoms with Crippen LogP contribution in [0, 0.1) is 0 Å². The van der Waals surface area contributed by atoms with Gasteiger partial charge in [0.1, 0.15) is 0 Å². The molecule has 1 unspecified atom stereocenters. The standard InChI is InChI=1S/C10H12O2.C9H10O2/c1-8(7-10(11)12)9-5-3-2-4-6-9;1-11-9(10)7-8-5-3-2-4-6-8/h2-6,8H,7H2,1H3,(H,11,12);2-6H,7H2,1H3. The van der Waals surface area contributed by atoms with E-state index < -0.39 is 5.97 Å². The number of carbonyl (C=O) groups is 2. The van der Waals surface area contributed by atoms with Gasteiger partial charge in [0, 0.05) is 0 Å². The van der Waals surface area contributed by atoms with Gasteiger partial charge in [-0.1, -0.05) is 67.6 Å². The van der Waals surface area contributed by atoms with Crippen molar-refractivity contribution in [1.29, 1.82) is 0 Å². The number of carbonyl (C=O) groups excluding carboxylic acids is 1. The van der Waals surface area contributed by atoms with Crippen LogP contribution in [-0.2, 0) is 20.7 Å². The van der Waals surface area contributed by atoms with Crippen molar-refractivity contribution < 1.29 is 19.4 Å². The van der Waals surface area contributed by atoms with Crippen LogP contribution in [0.5, 0.6) is 0 Å². The third kappa shape index (κ3) is 7.81. The van der Waals surface area contributed by atoms with E-state index in [1.165, 1.54) is 7.11 Å². The molecule has 4 heteroatoms. The lowest BCUT2D eigenvalue weighted by Crippen LogP contribution is -2.03. The van der Waals surface area contributed by atoms with E-state index in [-0.39, 0.29) is 18.3 Å². The molecule has 0 aliphatic rings. The minimum Gasteiger partial charge on any atom is -0.481 e. The van der Waals surface area contributed by atoms with Crippen LogP contribution in [0.2, 0.25) is 0 Å². The molecule has 122 valence electrons. The molecule has 0 fully saturated rings. The van der Waals surface area contributed by atoms with Gasteiger partial charge in [0.25, 0.3) is 0 Å². The fourth-order valence-electron chi connectivity index (χ4n) is 2.00. The summed E-state index contributed by atoms with van der Waals surface area (Å²) < 4.78 is 4.52. The van der Waals surface area contributed by atoms with Crippen LogP contribution in [0.1, 0.15) is 30.4 Å². The van der Waals surface area contributed by atoms with Crippen LogP contribution in [0.25, 0.3) is 0 Å². The van der Waals surface area contributed by atoms with Gasteiger partial charge in [-0.05, 0) is 17.0 Å². The normalized spacial score (nSPS) is 10.9. The highest BCUT2D eigenvalue weighted by molar-refractivity contribution is 5.72. The van der Waals surface area contributed by atoms with Gasteiger partial charge >= 0.3 is 11.9 Å². The van der Waals surface area contributed by atoms with Crippen molar-refractivity contribution in [2.45, 2.75) is 25.7 Å². The maximum absolute atomic E-state index is 10.8. The first kappa shape index (κ1) is 18.4. The first-order valence-electron chi connectivity index (χ1n) is 7.40. The summed E-state index contributed by atoms with van der Waals surface area (Å²) in [5, 5.41) is 8.55. The molecule has 0 amide bonds. The van der Waals surface area contributed by atoms with Gasteiger partial charge < -0.3 is 9.84 Å². The number of carboxylic acid groups (broad SMARTS) is 1. The van der Waals surface area contributed by atoms with Gasteiger partial charge in [0.15, 0.2) is 0 Å². The number of hydrogen-bond acceptors (Lipinski definition) is 3. The van der Waals surface area contributed by atoms with E-state index >= 15 is 0 Å². The van der Waals surface area contributed by atoms with Gasteiger partial charge in [-0.15, -0.1) is 0 Å². The van der Waals surface area contributed by atoms with Crippen molar-refractivity contribution in [3.8, 4) is 0 Å². The summed E-state index contributed by atoms with van der Waals surface area (Å²) in [5.41, 5.74) is 2.07. The molecule has 0 saturated carbocycles. The van der Waals surface area contributed by atoms with E-state index in [1.54, 1.807) is 0 Å². The number of methoxy groups -OCH3 is 1. The van der Waals surface area contributed by atoms with Gasteiger partial charge in [-0.25, -0.2) is 0 Å². The number of hydrogen-bond donors (Lipinski definition) is 1. The maximum Gasteiger partial charge on any atom is 0.309 e. The minimum absolute atomic E-state index is 0.101. The summed E-state index contributed by atoms with van der Waals surface area (Å²) in [4.78, 5) is 21.1. The molecule has 4 nitrogen and oxygen atoms in total. The average molecular weight is 314 g/mol. The zero-order valence-corrected chi connectivity index (χ0v) is 13.4. The molecule has 2 aromatic rings. The van der Waals surface area contributed by atoms with E-state index in [2.05, 4.69) is 4.74 Å². The predicted octanol–water partition coefficient (Wildman–Crippen LogP) is 3.67. The largest absolute Gasteiger partial charge is 0.481 e. The quantitative estimate of drug-likeness (QED) is 0.855. The number of ether oxygens (including phenoxy) is 1. The Morgan fingerprint density at radius 2 is 1.52 bits per heavy atom. The molecule has 0 radical (unpaired) electrons. The summed E-state index contributed by atoms with van der Waals surface area (Å²) in [5.74, 6) is -0.841. The van der Waals surface area contributed by atoms with E-state index in [0.717, 1.165) is 11.1 Å². The molecule has 0 aromatic heterocycles. The molecule has 1 N–H and O–H groups in total. The molecule has 0 heterocycles. The molecule has 1 atom stereocenters. The van der Waals surface area contributed by atoms with Gasteiger partial charge in [-0.3, -0.25) is 9.59 Å². The van der Waals surface area contributed by atoms with Crippen LogP contribution < -0.4 is 0 Å². The Bertz CT molecular complexity index is 593. The van der Waals surface area contributed by atoms with Gasteiger partial charge in [0.05, 0.1) is 20.0 Å². The Balaban J connectivity index is 0.000000231. The highest BCUT2D eigenvalue weighted by Gasteiger charge is 2.08. The van der Waals surface area contributed by atoms with Crippen molar-refractivity contribution in [2.75, 3.05) is 7.11 Å². The van der Waals surface area contributed by atoms with Crippen molar-refractivity contribution in [3.63, 3.8) is 0 Å². The van der Waals surface area contributed by atoms with E-state index in [9.17, 15) is 9.59 Å². The smallest absolute Gasteiger partial charge is 0.309 e. The van der Waals surface area contributed by atoms with Crippen molar-refractivity contribution in [1.82, 2.24) is 0 Å². The second-order valence-corrected chi connectivity index (χ2v) is 5.15. The fraction of sp³-hybridized carbons (Fsp3) is 0.263. The lowest BCUT2D eigenvalue weighted by Gasteiger charge is -2.07. The summed E-state index contributed by atoms with van der Waals surface area (Å²) in [7, 11) is 1.39. The summed E-state index contributed by atoms with van der Waals surface area (Å²) in [6.07, 6.45) is 0.557. The molecule has 0 aliphatic heterocycles. The maximum atomic E-state index is 10.8. The Kier molecular flexibility index (Phi) is 8.14. The topological polar surface area (TPSA) is 63.6 Å². The minimum atomic E-state index is -0.744. The molecule has 0 aliphatic carbocycles. The second kappa shape index (κ2) is 10.2. The zero-order chi connectivity index (χ0) is 17.1. The first-order chi connectivity index (χ1) is 11.0. The second-order valence-electron chi connectivity index (χ2n) is 5.15. The third-order valence-corrected chi connectivity index (χ3v) is 3.27. The first-order valence-corrected chi connectivity index (χ1v) is 7.40. The molecule has 2 rings (SSSR count). The fourth-order valence-corrected chi connectivity index (χ4v) is 2.00. The van der Waals surface area contributed by atoms with Gasteiger partial charge in [-0.2, -0.15) is 0 Å². The molecular formula is C19H22O4. The molecular weight excluding hydrogens is 292 g/mol. The Morgan fingerprint density at radius 3 is 2.00 bits per heavy atom. The summed E-state index contributed by atoms with van der Waals surface area (Å²) >= 11 is 0. The third-order valence-electron chi connectivity index (χ3n) is 3.27. The highest BCUT2D eigenvalue weighted by Crippen LogP contribution is 2.17. The van der Waals surface area contributed by atoms with Crippen LogP contribution >= 0.6 is 0 Å². The predicted molar refractivity (Wildman–Crippen MR) is 89.3 cm³/mol. The average Bonchev–Trinajstić information content (AvgIpc) is 2.56. The lowest BCUT2D eigenvalue weighted by molar-refractivity contribution is -0.140. The van der Waals surface area contributed by atoms with Crippen LogP contribution in [-0.4, -0.2) is 24.2 Å². The Morgan fingerprint density at radius 1 is 1.00 bits per heavy atom. The van der Waals surface area contributed by atoms with Crippen LogP contribution in [0.15, 0.2) is 60.7 Å². The molecule has 0 bridgehead atoms. The van der Waals surface area contributed by atoms with Crippen molar-refractivity contribution in [3.05, 3.63) is 71.8 Å². The Hall–Kier alpha value is -2.62. The Labute approximate surface area is 136 Å². The number of benzene rings is 2. The van der Waals surface area contributed by atoms with E-state index in [0.29, 0.717) is 6.42 Å². The molecule has 23 heavy (non-hydrogen) atoms. The van der Waals surface area contributed by atoms with Crippen LogP contribution in [0.3, 0.4) is 0 Å². The number of esters is 1. The van der Waals surface area contributed by atoms with Crippen LogP contribution in [0.4, 0.5) is 0 Å². The molecule has 0 saturated heterocycles. The van der Waals surface area contributed by atoms with Crippen molar-refractivity contribution in [2.24, 2.45) is 0 Å². The lowest BCUT2D eigenvalue weighted by atomic mass is 9.98. The zero-order valence-electron chi connectivity index (χ0n) is 13.4. The van der Waals surface area contributed by atoms with Crippen molar-refractivity contribution >= 4 is 11.9 Å². The summed E-state index contributed by atoms with van der Waals surface area (Å²) in [6.45, 7) is 1.92. The number of aliphatic carboxylic acids is 1.